The number of nitrogens with one attached hydrogen (secondary N) is 2. The third kappa shape index (κ3) is 7.10. The molecule has 2 fully saturated rings. The fourth-order valence-electron chi connectivity index (χ4n) is 5.63. The standard InChI is InChI=1S/C33H37N5O5/c1-23(32(40)42-2)37-19-17-36(18-20-37)21-28-22-38(33(41)43-28)27-15-13-26(14-16-27)30(34)35-31(39)29(24-9-5-3-6-10-24)25-11-7-4-8-12-25/h3-16,23,28-29H,17-22H2,1-2H3,(H2,34,35,39). The number of hydrogen-bond acceptors (Lipinski definition) is 8. The van der Waals surface area contributed by atoms with Crippen LogP contribution in [0.1, 0.15) is 29.5 Å². The second-order valence-corrected chi connectivity index (χ2v) is 10.8. The number of nitrogens with zero attached hydrogens (tertiary/aromatic N) is 3. The molecule has 10 nitrogen and oxygen atoms in total. The lowest BCUT2D eigenvalue weighted by atomic mass is 9.90. The predicted octanol–water partition coefficient (Wildman–Crippen LogP) is 3.46. The summed E-state index contributed by atoms with van der Waals surface area (Å²) in [5.74, 6) is -1.10. The minimum absolute atomic E-state index is 0.0176. The molecule has 2 unspecified atom stereocenters. The van der Waals surface area contributed by atoms with Crippen molar-refractivity contribution in [1.82, 2.24) is 15.1 Å². The molecule has 2 amide bonds. The molecule has 10 heteroatoms. The number of anilines is 1. The highest BCUT2D eigenvalue weighted by atomic mass is 16.6. The summed E-state index contributed by atoms with van der Waals surface area (Å²) in [7, 11) is 1.40. The zero-order valence-electron chi connectivity index (χ0n) is 24.4. The molecule has 0 radical (unpaired) electrons. The minimum atomic E-state index is -0.558. The number of rotatable bonds is 9. The number of cyclic esters (lactones) is 1. The molecule has 224 valence electrons. The SMILES string of the molecule is COC(=O)C(C)N1CCN(CC2CN(c3ccc(C(=N)NC(=O)C(c4ccccc4)c4ccccc4)cc3)C(=O)O2)CC1. The maximum atomic E-state index is 13.4. The van der Waals surface area contributed by atoms with Crippen molar-refractivity contribution < 1.29 is 23.9 Å². The normalized spacial score (nSPS) is 18.3. The fraction of sp³-hybridized carbons (Fsp3) is 0.333. The van der Waals surface area contributed by atoms with Crippen LogP contribution in [0.3, 0.4) is 0 Å². The van der Waals surface area contributed by atoms with Gasteiger partial charge in [0.05, 0.1) is 19.6 Å². The van der Waals surface area contributed by atoms with Gasteiger partial charge < -0.3 is 14.8 Å². The molecule has 5 rings (SSSR count). The lowest BCUT2D eigenvalue weighted by Gasteiger charge is -2.37. The van der Waals surface area contributed by atoms with Crippen molar-refractivity contribution in [3.05, 3.63) is 102 Å². The van der Waals surface area contributed by atoms with Gasteiger partial charge in [-0.1, -0.05) is 60.7 Å². The van der Waals surface area contributed by atoms with E-state index in [1.807, 2.05) is 67.6 Å². The zero-order valence-corrected chi connectivity index (χ0v) is 24.4. The van der Waals surface area contributed by atoms with Gasteiger partial charge in [-0.25, -0.2) is 4.79 Å². The molecule has 0 spiro atoms. The van der Waals surface area contributed by atoms with Gasteiger partial charge in [0.25, 0.3) is 0 Å². The summed E-state index contributed by atoms with van der Waals surface area (Å²) in [6, 6.07) is 25.7. The van der Waals surface area contributed by atoms with Gasteiger partial charge in [0, 0.05) is 44.0 Å². The highest BCUT2D eigenvalue weighted by molar-refractivity contribution is 6.08. The summed E-state index contributed by atoms with van der Waals surface area (Å²) in [6.07, 6.45) is -0.685. The van der Waals surface area contributed by atoms with Crippen LogP contribution in [0.15, 0.2) is 84.9 Å². The fourth-order valence-corrected chi connectivity index (χ4v) is 5.63. The molecule has 0 saturated carbocycles. The lowest BCUT2D eigenvalue weighted by molar-refractivity contribution is -0.147. The number of hydrogen-bond donors (Lipinski definition) is 2. The Labute approximate surface area is 251 Å². The van der Waals surface area contributed by atoms with Crippen molar-refractivity contribution in [2.24, 2.45) is 0 Å². The van der Waals surface area contributed by atoms with Crippen molar-refractivity contribution in [2.45, 2.75) is 25.0 Å². The van der Waals surface area contributed by atoms with Crippen molar-refractivity contribution in [1.29, 1.82) is 5.41 Å². The average molecular weight is 584 g/mol. The summed E-state index contributed by atoms with van der Waals surface area (Å²) < 4.78 is 10.5. The van der Waals surface area contributed by atoms with Gasteiger partial charge in [0.1, 0.15) is 18.0 Å². The van der Waals surface area contributed by atoms with E-state index in [4.69, 9.17) is 14.9 Å². The van der Waals surface area contributed by atoms with E-state index in [-0.39, 0.29) is 29.9 Å². The molecular weight excluding hydrogens is 546 g/mol. The van der Waals surface area contributed by atoms with Gasteiger partial charge in [0.2, 0.25) is 5.91 Å². The first kappa shape index (κ1) is 29.9. The maximum Gasteiger partial charge on any atom is 0.414 e. The monoisotopic (exact) mass is 583 g/mol. The van der Waals surface area contributed by atoms with Crippen LogP contribution in [-0.2, 0) is 19.1 Å². The Morgan fingerprint density at radius 3 is 2.07 bits per heavy atom. The maximum absolute atomic E-state index is 13.4. The van der Waals surface area contributed by atoms with E-state index in [2.05, 4.69) is 15.1 Å². The summed E-state index contributed by atoms with van der Waals surface area (Å²) in [6.45, 7) is 5.90. The molecule has 2 atom stereocenters. The van der Waals surface area contributed by atoms with Crippen LogP contribution in [0.25, 0.3) is 0 Å². The molecule has 2 saturated heterocycles. The van der Waals surface area contributed by atoms with Crippen molar-refractivity contribution in [3.8, 4) is 0 Å². The number of carbonyl (C=O) groups is 3. The van der Waals surface area contributed by atoms with E-state index >= 15 is 0 Å². The second-order valence-electron chi connectivity index (χ2n) is 10.8. The number of carbonyl (C=O) groups excluding carboxylic acids is 3. The second kappa shape index (κ2) is 13.6. The third-order valence-corrected chi connectivity index (χ3v) is 8.08. The summed E-state index contributed by atoms with van der Waals surface area (Å²) in [5.41, 5.74) is 2.88. The highest BCUT2D eigenvalue weighted by Gasteiger charge is 2.35. The Kier molecular flexibility index (Phi) is 9.48. The van der Waals surface area contributed by atoms with Crippen LogP contribution in [-0.4, -0.2) is 92.1 Å². The van der Waals surface area contributed by atoms with Crippen LogP contribution < -0.4 is 10.2 Å². The topological polar surface area (TPSA) is 115 Å². The van der Waals surface area contributed by atoms with E-state index in [0.717, 1.165) is 37.3 Å². The Morgan fingerprint density at radius 1 is 0.930 bits per heavy atom. The quantitative estimate of drug-likeness (QED) is 0.225. The van der Waals surface area contributed by atoms with Crippen molar-refractivity contribution in [3.63, 3.8) is 0 Å². The number of piperazine rings is 1. The minimum Gasteiger partial charge on any atom is -0.468 e. The molecule has 2 aliphatic heterocycles. The zero-order chi connectivity index (χ0) is 30.3. The lowest BCUT2D eigenvalue weighted by Crippen LogP contribution is -2.53. The van der Waals surface area contributed by atoms with Gasteiger partial charge in [-0.3, -0.25) is 29.7 Å². The van der Waals surface area contributed by atoms with E-state index in [1.165, 1.54) is 7.11 Å². The largest absolute Gasteiger partial charge is 0.468 e. The number of amidine groups is 1. The van der Waals surface area contributed by atoms with Gasteiger partial charge >= 0.3 is 12.1 Å². The molecule has 2 N–H and O–H groups in total. The molecule has 43 heavy (non-hydrogen) atoms. The van der Waals surface area contributed by atoms with Crippen LogP contribution >= 0.6 is 0 Å². The van der Waals surface area contributed by atoms with Crippen LogP contribution in [0, 0.1) is 5.41 Å². The Bertz CT molecular complexity index is 1390. The summed E-state index contributed by atoms with van der Waals surface area (Å²) >= 11 is 0. The Balaban J connectivity index is 1.16. The smallest absolute Gasteiger partial charge is 0.414 e. The summed E-state index contributed by atoms with van der Waals surface area (Å²) in [4.78, 5) is 43.9. The van der Waals surface area contributed by atoms with Gasteiger partial charge in [-0.2, -0.15) is 0 Å². The van der Waals surface area contributed by atoms with Gasteiger partial charge in [0.15, 0.2) is 0 Å². The number of esters is 1. The first-order valence-electron chi connectivity index (χ1n) is 14.5. The molecule has 0 bridgehead atoms. The van der Waals surface area contributed by atoms with E-state index < -0.39 is 12.0 Å². The number of benzene rings is 3. The van der Waals surface area contributed by atoms with Crippen LogP contribution in [0.5, 0.6) is 0 Å². The molecule has 0 aliphatic carbocycles. The molecule has 0 aromatic heterocycles. The number of ether oxygens (including phenoxy) is 2. The number of methoxy groups -OCH3 is 1. The van der Waals surface area contributed by atoms with Gasteiger partial charge in [-0.15, -0.1) is 0 Å². The van der Waals surface area contributed by atoms with E-state index in [0.29, 0.717) is 24.3 Å². The summed E-state index contributed by atoms with van der Waals surface area (Å²) in [5, 5.41) is 11.3. The van der Waals surface area contributed by atoms with E-state index in [9.17, 15) is 14.4 Å². The first-order chi connectivity index (χ1) is 20.8. The Hall–Kier alpha value is -4.54. The first-order valence-corrected chi connectivity index (χ1v) is 14.5. The predicted molar refractivity (Wildman–Crippen MR) is 163 cm³/mol. The molecule has 2 heterocycles. The van der Waals surface area contributed by atoms with E-state index in [1.54, 1.807) is 29.2 Å². The molecular formula is C33H37N5O5. The molecule has 3 aromatic rings. The molecule has 2 aliphatic rings. The van der Waals surface area contributed by atoms with Gasteiger partial charge in [-0.05, 0) is 42.3 Å². The third-order valence-electron chi connectivity index (χ3n) is 8.08. The highest BCUT2D eigenvalue weighted by Crippen LogP contribution is 2.26. The van der Waals surface area contributed by atoms with Crippen LogP contribution in [0.4, 0.5) is 10.5 Å². The average Bonchev–Trinajstić information content (AvgIpc) is 3.41. The Morgan fingerprint density at radius 2 is 1.51 bits per heavy atom. The molecule has 3 aromatic carbocycles. The van der Waals surface area contributed by atoms with Crippen LogP contribution in [0.2, 0.25) is 0 Å². The van der Waals surface area contributed by atoms with Crippen molar-refractivity contribution in [2.75, 3.05) is 51.3 Å². The van der Waals surface area contributed by atoms with Crippen molar-refractivity contribution >= 4 is 29.5 Å². The number of amides is 2.